The fourth-order valence-electron chi connectivity index (χ4n) is 4.23. The summed E-state index contributed by atoms with van der Waals surface area (Å²) in [4.78, 5) is 29.1. The van der Waals surface area contributed by atoms with Crippen LogP contribution in [0.3, 0.4) is 0 Å². The van der Waals surface area contributed by atoms with Gasteiger partial charge in [0.15, 0.2) is 6.61 Å². The third-order valence-electron chi connectivity index (χ3n) is 6.26. The molecular weight excluding hydrogens is 492 g/mol. The van der Waals surface area contributed by atoms with Crippen molar-refractivity contribution in [3.8, 4) is 17.2 Å². The lowest BCUT2D eigenvalue weighted by molar-refractivity contribution is -0.143. The van der Waals surface area contributed by atoms with Gasteiger partial charge in [-0.2, -0.15) is 0 Å². The van der Waals surface area contributed by atoms with Gasteiger partial charge in [-0.05, 0) is 41.5 Å². The Morgan fingerprint density at radius 2 is 1.38 bits per heavy atom. The van der Waals surface area contributed by atoms with E-state index in [0.717, 1.165) is 11.1 Å². The number of carbonyl (C=O) groups is 2. The molecule has 0 aliphatic carbocycles. The summed E-state index contributed by atoms with van der Waals surface area (Å²) in [6.45, 7) is 0.225. The van der Waals surface area contributed by atoms with Crippen molar-refractivity contribution >= 4 is 11.8 Å². The molecule has 4 rings (SSSR count). The van der Waals surface area contributed by atoms with Crippen molar-refractivity contribution < 1.29 is 23.8 Å². The van der Waals surface area contributed by atoms with Crippen LogP contribution in [0, 0.1) is 0 Å². The number of nitrogens with one attached hydrogen (secondary N) is 1. The molecule has 0 spiro atoms. The normalized spacial score (nSPS) is 11.2. The molecule has 4 aromatic rings. The van der Waals surface area contributed by atoms with Gasteiger partial charge in [-0.15, -0.1) is 0 Å². The molecule has 7 nitrogen and oxygen atoms in total. The number of rotatable bonds is 12. The monoisotopic (exact) mass is 524 g/mol. The van der Waals surface area contributed by atoms with Crippen LogP contribution in [0.5, 0.6) is 17.2 Å². The van der Waals surface area contributed by atoms with E-state index in [9.17, 15) is 9.59 Å². The maximum absolute atomic E-state index is 13.8. The summed E-state index contributed by atoms with van der Waals surface area (Å²) in [5.74, 6) is 1.33. The predicted molar refractivity (Wildman–Crippen MR) is 150 cm³/mol. The third-order valence-corrected chi connectivity index (χ3v) is 6.26. The van der Waals surface area contributed by atoms with Crippen LogP contribution in [0.15, 0.2) is 109 Å². The summed E-state index contributed by atoms with van der Waals surface area (Å²) in [5.41, 5.74) is 2.37. The zero-order chi connectivity index (χ0) is 27.5. The molecule has 39 heavy (non-hydrogen) atoms. The van der Waals surface area contributed by atoms with Crippen molar-refractivity contribution in [1.29, 1.82) is 0 Å². The van der Waals surface area contributed by atoms with Crippen molar-refractivity contribution in [2.45, 2.75) is 19.1 Å². The number of hydrogen-bond donors (Lipinski definition) is 1. The standard InChI is InChI=1S/C32H32N2O5/c1-37-27-19-17-24(18-20-27)22-34(30(35)23-39-28-14-7-4-8-15-28)31(25-11-5-3-6-12-25)32(36)33-21-26-13-9-10-16-29(26)38-2/h3-20,31H,21-23H2,1-2H3,(H,33,36)/t31-/m1/s1. The first-order valence-corrected chi connectivity index (χ1v) is 12.6. The molecule has 0 heterocycles. The van der Waals surface area contributed by atoms with Gasteiger partial charge in [0.1, 0.15) is 23.3 Å². The molecule has 7 heteroatoms. The number of carbonyl (C=O) groups excluding carboxylic acids is 2. The number of nitrogens with zero attached hydrogens (tertiary/aromatic N) is 1. The lowest BCUT2D eigenvalue weighted by Gasteiger charge is -2.31. The molecule has 0 saturated heterocycles. The lowest BCUT2D eigenvalue weighted by Crippen LogP contribution is -2.45. The Balaban J connectivity index is 1.64. The maximum atomic E-state index is 13.8. The average molecular weight is 525 g/mol. The summed E-state index contributed by atoms with van der Waals surface area (Å²) in [5, 5.41) is 3.01. The minimum absolute atomic E-state index is 0.197. The second-order valence-electron chi connectivity index (χ2n) is 8.81. The lowest BCUT2D eigenvalue weighted by atomic mass is 10.0. The predicted octanol–water partition coefficient (Wildman–Crippen LogP) is 5.17. The van der Waals surface area contributed by atoms with Crippen molar-refractivity contribution in [3.63, 3.8) is 0 Å². The molecule has 0 radical (unpaired) electrons. The van der Waals surface area contributed by atoms with Crippen LogP contribution in [0.25, 0.3) is 0 Å². The molecule has 2 amide bonds. The van der Waals surface area contributed by atoms with Gasteiger partial charge in [0.25, 0.3) is 5.91 Å². The van der Waals surface area contributed by atoms with Gasteiger partial charge >= 0.3 is 0 Å². The Hall–Kier alpha value is -4.78. The summed E-state index contributed by atoms with van der Waals surface area (Å²) >= 11 is 0. The average Bonchev–Trinajstić information content (AvgIpc) is 3.00. The highest BCUT2D eigenvalue weighted by Gasteiger charge is 2.32. The molecule has 0 bridgehead atoms. The molecule has 1 N–H and O–H groups in total. The first-order chi connectivity index (χ1) is 19.1. The van der Waals surface area contributed by atoms with Crippen LogP contribution in [0.2, 0.25) is 0 Å². The number of ether oxygens (including phenoxy) is 3. The first kappa shape index (κ1) is 27.3. The van der Waals surface area contributed by atoms with Crippen molar-refractivity contribution in [1.82, 2.24) is 10.2 Å². The number of hydrogen-bond acceptors (Lipinski definition) is 5. The van der Waals surface area contributed by atoms with Gasteiger partial charge < -0.3 is 24.4 Å². The quantitative estimate of drug-likeness (QED) is 0.277. The zero-order valence-electron chi connectivity index (χ0n) is 22.1. The minimum atomic E-state index is -0.894. The van der Waals surface area contributed by atoms with Crippen molar-refractivity contribution in [3.05, 3.63) is 126 Å². The van der Waals surface area contributed by atoms with Crippen molar-refractivity contribution in [2.24, 2.45) is 0 Å². The summed E-state index contributed by atoms with van der Waals surface area (Å²) < 4.78 is 16.5. The summed E-state index contributed by atoms with van der Waals surface area (Å²) in [7, 11) is 3.19. The smallest absolute Gasteiger partial charge is 0.261 e. The van der Waals surface area contributed by atoms with E-state index in [-0.39, 0.29) is 31.5 Å². The number of methoxy groups -OCH3 is 2. The molecule has 1 atom stereocenters. The number of benzene rings is 4. The zero-order valence-corrected chi connectivity index (χ0v) is 22.1. The van der Waals surface area contributed by atoms with Gasteiger partial charge in [0.2, 0.25) is 5.91 Å². The van der Waals surface area contributed by atoms with Crippen LogP contribution >= 0.6 is 0 Å². The van der Waals surface area contributed by atoms with E-state index in [1.54, 1.807) is 31.3 Å². The summed E-state index contributed by atoms with van der Waals surface area (Å²) in [6, 6.07) is 32.4. The van der Waals surface area contributed by atoms with E-state index in [1.807, 2.05) is 97.1 Å². The van der Waals surface area contributed by atoms with Gasteiger partial charge in [0, 0.05) is 18.7 Å². The SMILES string of the molecule is COc1ccc(CN(C(=O)COc2ccccc2)[C@@H](C(=O)NCc2ccccc2OC)c2ccccc2)cc1. The second-order valence-corrected chi connectivity index (χ2v) is 8.81. The molecule has 0 aliphatic rings. The van der Waals surface area contributed by atoms with Crippen LogP contribution in [0.1, 0.15) is 22.7 Å². The molecule has 0 saturated carbocycles. The molecule has 0 fully saturated rings. The Labute approximate surface area is 228 Å². The molecule has 0 unspecified atom stereocenters. The highest BCUT2D eigenvalue weighted by molar-refractivity contribution is 5.89. The van der Waals surface area contributed by atoms with Crippen LogP contribution in [-0.4, -0.2) is 37.5 Å². The van der Waals surface area contributed by atoms with Crippen molar-refractivity contribution in [2.75, 3.05) is 20.8 Å². The van der Waals surface area contributed by atoms with E-state index in [0.29, 0.717) is 22.8 Å². The summed E-state index contributed by atoms with van der Waals surface area (Å²) in [6.07, 6.45) is 0. The second kappa shape index (κ2) is 13.7. The Morgan fingerprint density at radius 1 is 0.744 bits per heavy atom. The third kappa shape index (κ3) is 7.38. The Kier molecular flexibility index (Phi) is 9.56. The van der Waals surface area contributed by atoms with Crippen LogP contribution in [-0.2, 0) is 22.7 Å². The van der Waals surface area contributed by atoms with Gasteiger partial charge in [-0.25, -0.2) is 0 Å². The number of amides is 2. The topological polar surface area (TPSA) is 77.1 Å². The van der Waals surface area contributed by atoms with E-state index in [4.69, 9.17) is 14.2 Å². The van der Waals surface area contributed by atoms with Gasteiger partial charge in [-0.1, -0.05) is 78.9 Å². The Bertz CT molecular complexity index is 1340. The first-order valence-electron chi connectivity index (χ1n) is 12.6. The van der Waals surface area contributed by atoms with Crippen LogP contribution < -0.4 is 19.5 Å². The molecular formula is C32H32N2O5. The molecule has 0 aliphatic heterocycles. The molecule has 200 valence electrons. The fraction of sp³-hybridized carbons (Fsp3) is 0.188. The molecule has 0 aromatic heterocycles. The van der Waals surface area contributed by atoms with E-state index in [1.165, 1.54) is 0 Å². The minimum Gasteiger partial charge on any atom is -0.497 e. The fourth-order valence-corrected chi connectivity index (χ4v) is 4.23. The van der Waals surface area contributed by atoms with Gasteiger partial charge in [-0.3, -0.25) is 9.59 Å². The highest BCUT2D eigenvalue weighted by Crippen LogP contribution is 2.26. The van der Waals surface area contributed by atoms with E-state index < -0.39 is 6.04 Å². The maximum Gasteiger partial charge on any atom is 0.261 e. The molecule has 4 aromatic carbocycles. The van der Waals surface area contributed by atoms with Gasteiger partial charge in [0.05, 0.1) is 14.2 Å². The Morgan fingerprint density at radius 3 is 2.05 bits per heavy atom. The van der Waals surface area contributed by atoms with E-state index in [2.05, 4.69) is 5.32 Å². The number of para-hydroxylation sites is 2. The highest BCUT2D eigenvalue weighted by atomic mass is 16.5. The van der Waals surface area contributed by atoms with E-state index >= 15 is 0 Å². The van der Waals surface area contributed by atoms with Crippen LogP contribution in [0.4, 0.5) is 0 Å². The largest absolute Gasteiger partial charge is 0.497 e.